The van der Waals surface area contributed by atoms with Crippen LogP contribution in [0.1, 0.15) is 41.5 Å². The van der Waals surface area contributed by atoms with Crippen LogP contribution in [0.3, 0.4) is 0 Å². The number of aromatic nitrogens is 4. The van der Waals surface area contributed by atoms with Crippen LogP contribution in [0.25, 0.3) is 17.2 Å². The predicted molar refractivity (Wildman–Crippen MR) is 156 cm³/mol. The van der Waals surface area contributed by atoms with Gasteiger partial charge in [-0.25, -0.2) is 4.79 Å². The Morgan fingerprint density at radius 3 is 2.48 bits per heavy atom. The zero-order valence-corrected chi connectivity index (χ0v) is 23.7. The molecule has 11 heteroatoms. The summed E-state index contributed by atoms with van der Waals surface area (Å²) in [5.41, 5.74) is 3.18. The fraction of sp³-hybridized carbons (Fsp3) is 0.323. The molecule has 0 amide bonds. The van der Waals surface area contributed by atoms with E-state index >= 15 is 0 Å². The van der Waals surface area contributed by atoms with Crippen molar-refractivity contribution in [2.75, 3.05) is 19.5 Å². The van der Waals surface area contributed by atoms with E-state index < -0.39 is 0 Å². The van der Waals surface area contributed by atoms with Crippen molar-refractivity contribution >= 4 is 23.2 Å². The number of hydrogen-bond acceptors (Lipinski definition) is 9. The van der Waals surface area contributed by atoms with Crippen LogP contribution in [0.15, 0.2) is 41.2 Å². The zero-order chi connectivity index (χ0) is 29.6. The number of aromatic amines is 1. The lowest BCUT2D eigenvalue weighted by Crippen LogP contribution is -2.70. The Labute approximate surface area is 242 Å². The summed E-state index contributed by atoms with van der Waals surface area (Å²) in [6, 6.07) is 13.7. The molecule has 212 valence electrons. The first-order valence-electron chi connectivity index (χ1n) is 13.5. The third-order valence-electron chi connectivity index (χ3n) is 8.09. The Hall–Kier alpha value is -5.29. The first kappa shape index (κ1) is 26.9. The Morgan fingerprint density at radius 2 is 1.83 bits per heavy atom. The monoisotopic (exact) mass is 563 g/mol. The fourth-order valence-corrected chi connectivity index (χ4v) is 6.18. The number of anilines is 1. The molecule has 42 heavy (non-hydrogen) atoms. The number of imidazole rings is 1. The molecule has 4 aromatic rings. The topological polar surface area (TPSA) is 151 Å². The molecule has 3 aliphatic rings. The van der Waals surface area contributed by atoms with Crippen molar-refractivity contribution in [1.29, 1.82) is 10.5 Å². The van der Waals surface area contributed by atoms with Crippen LogP contribution in [-0.2, 0) is 6.54 Å². The van der Waals surface area contributed by atoms with Gasteiger partial charge in [-0.1, -0.05) is 0 Å². The van der Waals surface area contributed by atoms with E-state index in [0.29, 0.717) is 34.4 Å². The number of H-pyrrole nitrogens is 1. The second kappa shape index (κ2) is 9.96. The van der Waals surface area contributed by atoms with Crippen molar-refractivity contribution in [1.82, 2.24) is 19.5 Å². The van der Waals surface area contributed by atoms with Gasteiger partial charge in [0.15, 0.2) is 5.65 Å². The highest BCUT2D eigenvalue weighted by Gasteiger charge is 2.69. The second-order valence-corrected chi connectivity index (χ2v) is 11.1. The Bertz CT molecular complexity index is 1860. The van der Waals surface area contributed by atoms with Gasteiger partial charge in [-0.05, 0) is 80.1 Å². The SMILES string of the molecule is COc1ccc(Cn2c(=O)[nH]c3c(Oc4c(C)cc(/C=C/C#N)cc4C)nc(NC45CC(C#N)(C4)C5)nc32)c(OC)c1. The lowest BCUT2D eigenvalue weighted by atomic mass is 9.40. The number of nitrogens with zero attached hydrogens (tertiary/aromatic N) is 5. The Balaban J connectivity index is 1.43. The highest BCUT2D eigenvalue weighted by molar-refractivity contribution is 5.79. The van der Waals surface area contributed by atoms with E-state index in [2.05, 4.69) is 16.4 Å². The van der Waals surface area contributed by atoms with E-state index in [1.54, 1.807) is 26.4 Å². The molecular formula is C31H29N7O4. The molecule has 2 bridgehead atoms. The van der Waals surface area contributed by atoms with E-state index in [1.807, 2.05) is 44.2 Å². The predicted octanol–water partition coefficient (Wildman–Crippen LogP) is 4.99. The second-order valence-electron chi connectivity index (χ2n) is 11.1. The molecule has 0 atom stereocenters. The molecule has 3 aliphatic carbocycles. The molecule has 0 saturated heterocycles. The maximum absolute atomic E-state index is 13.3. The number of fused-ring (bicyclic) bond motifs is 1. The van der Waals surface area contributed by atoms with Gasteiger partial charge >= 0.3 is 5.69 Å². The highest BCUT2D eigenvalue weighted by atomic mass is 16.5. The van der Waals surface area contributed by atoms with Crippen LogP contribution >= 0.6 is 0 Å². The van der Waals surface area contributed by atoms with Crippen LogP contribution < -0.4 is 25.2 Å². The lowest BCUT2D eigenvalue weighted by Gasteiger charge is -2.66. The van der Waals surface area contributed by atoms with Crippen molar-refractivity contribution in [3.63, 3.8) is 0 Å². The van der Waals surface area contributed by atoms with E-state index in [-0.39, 0.29) is 29.1 Å². The molecule has 2 N–H and O–H groups in total. The largest absolute Gasteiger partial charge is 0.497 e. The van der Waals surface area contributed by atoms with E-state index in [0.717, 1.165) is 41.5 Å². The molecule has 2 heterocycles. The summed E-state index contributed by atoms with van der Waals surface area (Å²) >= 11 is 0. The van der Waals surface area contributed by atoms with E-state index in [9.17, 15) is 10.1 Å². The van der Waals surface area contributed by atoms with Crippen LogP contribution in [0.4, 0.5) is 5.95 Å². The third kappa shape index (κ3) is 4.49. The minimum absolute atomic E-state index is 0.183. The summed E-state index contributed by atoms with van der Waals surface area (Å²) < 4.78 is 18.8. The minimum atomic E-state index is -0.376. The average molecular weight is 564 g/mol. The van der Waals surface area contributed by atoms with Gasteiger partial charge in [0.1, 0.15) is 22.8 Å². The normalized spacial score (nSPS) is 20.3. The van der Waals surface area contributed by atoms with Crippen molar-refractivity contribution in [2.45, 2.75) is 45.2 Å². The standard InChI is InChI=1S/C31H29N7O4/c1-18-10-20(6-5-9-32)11-19(2)25(18)42-27-24-26(35-28(36-27)37-31-14-30(15-31,16-31)17-33)38(29(39)34-24)13-21-7-8-22(40-3)12-23(21)41-4/h5-8,10-12H,13-16H2,1-4H3,(H,34,39)(H,35,36,37)/b6-5+. The first-order valence-corrected chi connectivity index (χ1v) is 13.5. The smallest absolute Gasteiger partial charge is 0.328 e. The molecule has 0 radical (unpaired) electrons. The van der Waals surface area contributed by atoms with Crippen LogP contribution in [0.5, 0.6) is 23.1 Å². The number of nitrogens with one attached hydrogen (secondary N) is 2. The van der Waals surface area contributed by atoms with Gasteiger partial charge in [0.25, 0.3) is 5.88 Å². The van der Waals surface area contributed by atoms with E-state index in [1.165, 1.54) is 10.6 Å². The number of aryl methyl sites for hydroxylation is 2. The number of hydrogen-bond donors (Lipinski definition) is 2. The minimum Gasteiger partial charge on any atom is -0.497 e. The zero-order valence-electron chi connectivity index (χ0n) is 23.7. The lowest BCUT2D eigenvalue weighted by molar-refractivity contribution is -0.0665. The van der Waals surface area contributed by atoms with Crippen molar-refractivity contribution in [3.05, 3.63) is 69.1 Å². The average Bonchev–Trinajstić information content (AvgIpc) is 3.25. The highest BCUT2D eigenvalue weighted by Crippen LogP contribution is 2.67. The van der Waals surface area contributed by atoms with Gasteiger partial charge < -0.3 is 19.5 Å². The summed E-state index contributed by atoms with van der Waals surface area (Å²) in [6.07, 6.45) is 5.34. The molecule has 2 aromatic heterocycles. The van der Waals surface area contributed by atoms with Gasteiger partial charge in [0.2, 0.25) is 5.95 Å². The Morgan fingerprint density at radius 1 is 1.10 bits per heavy atom. The van der Waals surface area contributed by atoms with Gasteiger partial charge in [0, 0.05) is 23.2 Å². The summed E-state index contributed by atoms with van der Waals surface area (Å²) in [7, 11) is 3.15. The van der Waals surface area contributed by atoms with Gasteiger partial charge in [-0.15, -0.1) is 0 Å². The summed E-state index contributed by atoms with van der Waals surface area (Å²) in [5, 5.41) is 21.8. The number of allylic oxidation sites excluding steroid dienone is 1. The van der Waals surface area contributed by atoms with Crippen molar-refractivity contribution in [2.24, 2.45) is 5.41 Å². The molecule has 3 fully saturated rings. The van der Waals surface area contributed by atoms with Gasteiger partial charge in [-0.2, -0.15) is 20.5 Å². The van der Waals surface area contributed by atoms with Crippen molar-refractivity contribution < 1.29 is 14.2 Å². The summed E-state index contributed by atoms with van der Waals surface area (Å²) in [6.45, 7) is 4.01. The first-order chi connectivity index (χ1) is 20.2. The molecule has 0 spiro atoms. The third-order valence-corrected chi connectivity index (χ3v) is 8.09. The quantitative estimate of drug-likeness (QED) is 0.268. The van der Waals surface area contributed by atoms with Crippen LogP contribution in [0.2, 0.25) is 0 Å². The number of nitriles is 2. The fourth-order valence-electron chi connectivity index (χ4n) is 6.18. The maximum atomic E-state index is 13.3. The molecular weight excluding hydrogens is 534 g/mol. The van der Waals surface area contributed by atoms with E-state index in [4.69, 9.17) is 29.4 Å². The van der Waals surface area contributed by atoms with Crippen LogP contribution in [0, 0.1) is 41.9 Å². The number of ether oxygens (including phenoxy) is 3. The summed E-state index contributed by atoms with van der Waals surface area (Å²) in [4.78, 5) is 25.7. The molecule has 3 saturated carbocycles. The van der Waals surface area contributed by atoms with Gasteiger partial charge in [-0.3, -0.25) is 9.55 Å². The maximum Gasteiger partial charge on any atom is 0.328 e. The molecule has 0 unspecified atom stereocenters. The molecule has 0 aliphatic heterocycles. The number of benzene rings is 2. The molecule has 2 aromatic carbocycles. The molecule has 11 nitrogen and oxygen atoms in total. The van der Waals surface area contributed by atoms with Crippen molar-refractivity contribution in [3.8, 4) is 35.3 Å². The number of methoxy groups -OCH3 is 2. The number of rotatable bonds is 9. The molecule has 7 rings (SSSR count). The van der Waals surface area contributed by atoms with Gasteiger partial charge in [0.05, 0.1) is 38.3 Å². The summed E-state index contributed by atoms with van der Waals surface area (Å²) in [5.74, 6) is 2.33. The van der Waals surface area contributed by atoms with Crippen LogP contribution in [-0.4, -0.2) is 39.3 Å². The Kier molecular flexibility index (Phi) is 6.38.